The van der Waals surface area contributed by atoms with E-state index in [2.05, 4.69) is 25.9 Å². The topological polar surface area (TPSA) is 106 Å². The predicted molar refractivity (Wildman–Crippen MR) is 119 cm³/mol. The number of fused-ring (bicyclic) bond motifs is 1. The van der Waals surface area contributed by atoms with E-state index in [1.807, 2.05) is 18.2 Å². The van der Waals surface area contributed by atoms with Gasteiger partial charge in [0.1, 0.15) is 23.4 Å². The Morgan fingerprint density at radius 1 is 1.10 bits per heavy atom. The summed E-state index contributed by atoms with van der Waals surface area (Å²) >= 11 is 6.32. The van der Waals surface area contributed by atoms with Crippen molar-refractivity contribution in [2.75, 3.05) is 17.7 Å². The number of halogens is 2. The van der Waals surface area contributed by atoms with E-state index in [4.69, 9.17) is 11.6 Å². The van der Waals surface area contributed by atoms with Crippen LogP contribution in [-0.4, -0.2) is 22.9 Å². The first-order chi connectivity index (χ1) is 15.0. The average molecular weight is 435 g/mol. The summed E-state index contributed by atoms with van der Waals surface area (Å²) in [6.45, 7) is 0. The Bertz CT molecular complexity index is 1340. The van der Waals surface area contributed by atoms with Gasteiger partial charge in [-0.1, -0.05) is 11.6 Å². The van der Waals surface area contributed by atoms with Crippen LogP contribution in [0.3, 0.4) is 0 Å². The molecule has 0 saturated carbocycles. The summed E-state index contributed by atoms with van der Waals surface area (Å²) in [5.41, 5.74) is 2.60. The number of nitriles is 1. The van der Waals surface area contributed by atoms with Crippen LogP contribution >= 0.6 is 11.6 Å². The number of H-pyrrole nitrogens is 1. The number of aromatic amines is 1. The highest BCUT2D eigenvalue weighted by Gasteiger charge is 2.12. The highest BCUT2D eigenvalue weighted by molar-refractivity contribution is 6.35. The van der Waals surface area contributed by atoms with E-state index in [1.165, 1.54) is 25.2 Å². The molecule has 0 unspecified atom stereocenters. The zero-order valence-corrected chi connectivity index (χ0v) is 17.0. The van der Waals surface area contributed by atoms with Crippen LogP contribution in [0.25, 0.3) is 10.9 Å². The highest BCUT2D eigenvalue weighted by atomic mass is 35.5. The SMILES string of the molecule is CNC(=O)c1ccc(Nc2cc(C#N)nc(Nc3cc(Cl)c4cc[nH]c4c3)c2)cc1F. The third-order valence-electron chi connectivity index (χ3n) is 4.56. The molecule has 1 amide bonds. The summed E-state index contributed by atoms with van der Waals surface area (Å²) in [6, 6.07) is 14.9. The molecule has 31 heavy (non-hydrogen) atoms. The smallest absolute Gasteiger partial charge is 0.253 e. The Kier molecular flexibility index (Phi) is 5.43. The lowest BCUT2D eigenvalue weighted by Gasteiger charge is -2.12. The molecule has 0 spiro atoms. The lowest BCUT2D eigenvalue weighted by atomic mass is 10.1. The van der Waals surface area contributed by atoms with Crippen molar-refractivity contribution in [3.8, 4) is 6.07 Å². The van der Waals surface area contributed by atoms with Gasteiger partial charge in [-0.05, 0) is 42.5 Å². The lowest BCUT2D eigenvalue weighted by Crippen LogP contribution is -2.19. The molecule has 0 aliphatic heterocycles. The number of anilines is 4. The van der Waals surface area contributed by atoms with Gasteiger partial charge in [-0.25, -0.2) is 9.37 Å². The molecule has 7 nitrogen and oxygen atoms in total. The Hall–Kier alpha value is -4.09. The van der Waals surface area contributed by atoms with Gasteiger partial charge in [-0.15, -0.1) is 0 Å². The van der Waals surface area contributed by atoms with Crippen molar-refractivity contribution < 1.29 is 9.18 Å². The van der Waals surface area contributed by atoms with Crippen LogP contribution in [0, 0.1) is 17.1 Å². The number of aromatic nitrogens is 2. The molecule has 4 aromatic rings. The number of rotatable bonds is 5. The first-order valence-corrected chi connectivity index (χ1v) is 9.59. The van der Waals surface area contributed by atoms with Crippen molar-refractivity contribution in [3.05, 3.63) is 76.8 Å². The molecule has 2 heterocycles. The molecule has 0 bridgehead atoms. The minimum Gasteiger partial charge on any atom is -0.361 e. The molecular weight excluding hydrogens is 419 g/mol. The summed E-state index contributed by atoms with van der Waals surface area (Å²) in [4.78, 5) is 19.0. The van der Waals surface area contributed by atoms with Crippen molar-refractivity contribution in [1.82, 2.24) is 15.3 Å². The van der Waals surface area contributed by atoms with E-state index >= 15 is 0 Å². The zero-order valence-electron chi connectivity index (χ0n) is 16.3. The van der Waals surface area contributed by atoms with Gasteiger partial charge in [-0.2, -0.15) is 5.26 Å². The summed E-state index contributed by atoms with van der Waals surface area (Å²) in [6.07, 6.45) is 1.80. The quantitative estimate of drug-likeness (QED) is 0.351. The van der Waals surface area contributed by atoms with Crippen LogP contribution in [0.5, 0.6) is 0 Å². The molecule has 2 aromatic heterocycles. The van der Waals surface area contributed by atoms with Crippen LogP contribution in [-0.2, 0) is 0 Å². The largest absolute Gasteiger partial charge is 0.361 e. The van der Waals surface area contributed by atoms with E-state index < -0.39 is 11.7 Å². The summed E-state index contributed by atoms with van der Waals surface area (Å²) in [5.74, 6) is -0.763. The number of nitrogens with zero attached hydrogens (tertiary/aromatic N) is 2. The van der Waals surface area contributed by atoms with Gasteiger partial charge < -0.3 is 20.9 Å². The first-order valence-electron chi connectivity index (χ1n) is 9.21. The molecule has 0 radical (unpaired) electrons. The molecule has 0 saturated heterocycles. The summed E-state index contributed by atoms with van der Waals surface area (Å²) in [5, 5.41) is 19.4. The lowest BCUT2D eigenvalue weighted by molar-refractivity contribution is 0.0959. The van der Waals surface area contributed by atoms with Gasteiger partial charge in [0.25, 0.3) is 5.91 Å². The molecule has 4 N–H and O–H groups in total. The van der Waals surface area contributed by atoms with Crippen molar-refractivity contribution >= 4 is 51.3 Å². The molecule has 2 aromatic carbocycles. The first kappa shape index (κ1) is 20.2. The maximum absolute atomic E-state index is 14.2. The van der Waals surface area contributed by atoms with Gasteiger partial charge >= 0.3 is 0 Å². The van der Waals surface area contributed by atoms with Gasteiger partial charge in [-0.3, -0.25) is 4.79 Å². The minimum absolute atomic E-state index is 0.0561. The molecule has 0 aliphatic carbocycles. The number of carbonyl (C=O) groups excluding carboxylic acids is 1. The second kappa shape index (κ2) is 8.34. The maximum atomic E-state index is 14.2. The molecule has 9 heteroatoms. The molecule has 0 fully saturated rings. The molecular formula is C22H16ClFN6O. The van der Waals surface area contributed by atoms with E-state index in [0.717, 1.165) is 10.9 Å². The fourth-order valence-electron chi connectivity index (χ4n) is 3.14. The van der Waals surface area contributed by atoms with Gasteiger partial charge in [0.15, 0.2) is 0 Å². The normalized spacial score (nSPS) is 10.5. The predicted octanol–water partition coefficient (Wildman–Crippen LogP) is 5.07. The van der Waals surface area contributed by atoms with E-state index in [-0.39, 0.29) is 11.3 Å². The number of pyridine rings is 1. The molecule has 4 rings (SSSR count). The number of amides is 1. The van der Waals surface area contributed by atoms with Crippen molar-refractivity contribution in [2.45, 2.75) is 0 Å². The van der Waals surface area contributed by atoms with Crippen molar-refractivity contribution in [1.29, 1.82) is 5.26 Å². The Labute approximate surface area is 181 Å². The number of hydrogen-bond donors (Lipinski definition) is 4. The van der Waals surface area contributed by atoms with Crippen molar-refractivity contribution in [3.63, 3.8) is 0 Å². The maximum Gasteiger partial charge on any atom is 0.253 e. The van der Waals surface area contributed by atoms with Crippen LogP contribution in [0.2, 0.25) is 5.02 Å². The summed E-state index contributed by atoms with van der Waals surface area (Å²) < 4.78 is 14.2. The van der Waals surface area contributed by atoms with Crippen LogP contribution < -0.4 is 16.0 Å². The van der Waals surface area contributed by atoms with E-state index in [9.17, 15) is 14.4 Å². The number of nitrogens with one attached hydrogen (secondary N) is 4. The zero-order chi connectivity index (χ0) is 22.0. The van der Waals surface area contributed by atoms with E-state index in [1.54, 1.807) is 24.4 Å². The number of benzene rings is 2. The van der Waals surface area contributed by atoms with Crippen LogP contribution in [0.4, 0.5) is 27.3 Å². The van der Waals surface area contributed by atoms with Crippen LogP contribution in [0.1, 0.15) is 16.1 Å². The standard InChI is InChI=1S/C22H16ClFN6O/c1-26-22(31)17-3-2-12(8-19(17)24)28-13-6-15(11-25)30-21(10-13)29-14-7-18(23)16-4-5-27-20(16)9-14/h2-10,27H,1H3,(H,26,31)(H2,28,29,30). The number of hydrogen-bond acceptors (Lipinski definition) is 5. The van der Waals surface area contributed by atoms with Crippen LogP contribution in [0.15, 0.2) is 54.7 Å². The third-order valence-corrected chi connectivity index (χ3v) is 4.87. The Morgan fingerprint density at radius 2 is 1.90 bits per heavy atom. The van der Waals surface area contributed by atoms with Crippen molar-refractivity contribution in [2.24, 2.45) is 0 Å². The van der Waals surface area contributed by atoms with Gasteiger partial charge in [0, 0.05) is 47.3 Å². The second-order valence-corrected chi connectivity index (χ2v) is 7.07. The third kappa shape index (κ3) is 4.27. The van der Waals surface area contributed by atoms with E-state index in [0.29, 0.717) is 27.9 Å². The number of carbonyl (C=O) groups is 1. The fourth-order valence-corrected chi connectivity index (χ4v) is 3.43. The van der Waals surface area contributed by atoms with Gasteiger partial charge in [0.2, 0.25) is 0 Å². The average Bonchev–Trinajstić information content (AvgIpc) is 3.22. The summed E-state index contributed by atoms with van der Waals surface area (Å²) in [7, 11) is 1.43. The minimum atomic E-state index is -0.661. The monoisotopic (exact) mass is 434 g/mol. The molecule has 154 valence electrons. The molecule has 0 aliphatic rings. The highest BCUT2D eigenvalue weighted by Crippen LogP contribution is 2.29. The molecule has 0 atom stereocenters. The van der Waals surface area contributed by atoms with Gasteiger partial charge in [0.05, 0.1) is 10.6 Å². The Morgan fingerprint density at radius 3 is 2.65 bits per heavy atom. The second-order valence-electron chi connectivity index (χ2n) is 6.66. The Balaban J connectivity index is 1.62. The fraction of sp³-hybridized carbons (Fsp3) is 0.0455.